The lowest BCUT2D eigenvalue weighted by Gasteiger charge is -2.23. The standard InChI is InChI=1S/C10H20N2O/c1-8(2)3-4-10(13)9-7-11-5-6-12-9/h8-9,11-12H,3-7H2,1-2H3. The van der Waals surface area contributed by atoms with E-state index in [1.807, 2.05) is 0 Å². The van der Waals surface area contributed by atoms with Gasteiger partial charge in [0.2, 0.25) is 0 Å². The van der Waals surface area contributed by atoms with Gasteiger partial charge in [0, 0.05) is 26.1 Å². The highest BCUT2D eigenvalue weighted by atomic mass is 16.1. The summed E-state index contributed by atoms with van der Waals surface area (Å²) in [7, 11) is 0. The summed E-state index contributed by atoms with van der Waals surface area (Å²) >= 11 is 0. The van der Waals surface area contributed by atoms with Gasteiger partial charge in [-0.05, 0) is 12.3 Å². The van der Waals surface area contributed by atoms with Crippen LogP contribution in [-0.4, -0.2) is 31.5 Å². The van der Waals surface area contributed by atoms with E-state index >= 15 is 0 Å². The molecule has 0 spiro atoms. The number of piperazine rings is 1. The molecule has 1 aliphatic rings. The van der Waals surface area contributed by atoms with Crippen LogP contribution in [-0.2, 0) is 4.79 Å². The van der Waals surface area contributed by atoms with Crippen LogP contribution in [0, 0.1) is 5.92 Å². The normalized spacial score (nSPS) is 23.5. The zero-order valence-electron chi connectivity index (χ0n) is 8.60. The molecule has 0 aromatic heterocycles. The second kappa shape index (κ2) is 5.35. The first-order chi connectivity index (χ1) is 6.20. The van der Waals surface area contributed by atoms with Crippen molar-refractivity contribution in [1.82, 2.24) is 10.6 Å². The highest BCUT2D eigenvalue weighted by Gasteiger charge is 2.19. The van der Waals surface area contributed by atoms with E-state index < -0.39 is 0 Å². The summed E-state index contributed by atoms with van der Waals surface area (Å²) in [5.41, 5.74) is 0. The third-order valence-corrected chi connectivity index (χ3v) is 2.40. The summed E-state index contributed by atoms with van der Waals surface area (Å²) in [6.07, 6.45) is 1.73. The van der Waals surface area contributed by atoms with Crippen molar-refractivity contribution in [3.63, 3.8) is 0 Å². The Hall–Kier alpha value is -0.410. The Morgan fingerprint density at radius 1 is 1.46 bits per heavy atom. The monoisotopic (exact) mass is 184 g/mol. The molecule has 1 heterocycles. The van der Waals surface area contributed by atoms with Crippen molar-refractivity contribution < 1.29 is 4.79 Å². The Labute approximate surface area is 80.3 Å². The van der Waals surface area contributed by atoms with Gasteiger partial charge in [-0.25, -0.2) is 0 Å². The molecule has 0 radical (unpaired) electrons. The summed E-state index contributed by atoms with van der Waals surface area (Å²) in [4.78, 5) is 11.6. The number of nitrogens with one attached hydrogen (secondary N) is 2. The van der Waals surface area contributed by atoms with Gasteiger partial charge in [-0.1, -0.05) is 13.8 Å². The van der Waals surface area contributed by atoms with Crippen molar-refractivity contribution in [2.75, 3.05) is 19.6 Å². The number of hydrogen-bond donors (Lipinski definition) is 2. The van der Waals surface area contributed by atoms with Gasteiger partial charge in [0.05, 0.1) is 6.04 Å². The minimum atomic E-state index is 0.0625. The predicted octanol–water partition coefficient (Wildman–Crippen LogP) is 0.553. The fourth-order valence-electron chi connectivity index (χ4n) is 1.49. The van der Waals surface area contributed by atoms with Crippen molar-refractivity contribution in [3.05, 3.63) is 0 Å². The van der Waals surface area contributed by atoms with Crippen LogP contribution < -0.4 is 10.6 Å². The van der Waals surface area contributed by atoms with Gasteiger partial charge in [0.1, 0.15) is 0 Å². The van der Waals surface area contributed by atoms with E-state index in [0.717, 1.165) is 32.5 Å². The maximum Gasteiger partial charge on any atom is 0.151 e. The molecule has 3 heteroatoms. The SMILES string of the molecule is CC(C)CCC(=O)C1CNCCN1. The number of carbonyl (C=O) groups is 1. The highest BCUT2D eigenvalue weighted by Crippen LogP contribution is 2.06. The van der Waals surface area contributed by atoms with E-state index in [4.69, 9.17) is 0 Å². The highest BCUT2D eigenvalue weighted by molar-refractivity contribution is 5.84. The van der Waals surface area contributed by atoms with Crippen molar-refractivity contribution >= 4 is 5.78 Å². The number of Topliss-reactive ketones (excluding diaryl/α,β-unsaturated/α-hetero) is 1. The molecule has 1 atom stereocenters. The summed E-state index contributed by atoms with van der Waals surface area (Å²) < 4.78 is 0. The van der Waals surface area contributed by atoms with Crippen LogP contribution in [0.1, 0.15) is 26.7 Å². The molecule has 2 N–H and O–H groups in total. The molecule has 0 amide bonds. The Balaban J connectivity index is 2.21. The zero-order chi connectivity index (χ0) is 9.68. The molecule has 0 aromatic carbocycles. The van der Waals surface area contributed by atoms with Gasteiger partial charge in [0.25, 0.3) is 0 Å². The maximum atomic E-state index is 11.6. The summed E-state index contributed by atoms with van der Waals surface area (Å²) in [6.45, 7) is 7.00. The van der Waals surface area contributed by atoms with E-state index in [0.29, 0.717) is 11.7 Å². The molecular weight excluding hydrogens is 164 g/mol. The minimum absolute atomic E-state index is 0.0625. The van der Waals surface area contributed by atoms with Crippen LogP contribution in [0.5, 0.6) is 0 Å². The maximum absolute atomic E-state index is 11.6. The van der Waals surface area contributed by atoms with Crippen molar-refractivity contribution in [3.8, 4) is 0 Å². The largest absolute Gasteiger partial charge is 0.313 e. The van der Waals surface area contributed by atoms with Gasteiger partial charge in [-0.15, -0.1) is 0 Å². The molecule has 76 valence electrons. The van der Waals surface area contributed by atoms with Crippen molar-refractivity contribution in [2.24, 2.45) is 5.92 Å². The Morgan fingerprint density at radius 2 is 2.23 bits per heavy atom. The lowest BCUT2D eigenvalue weighted by molar-refractivity contribution is -0.121. The van der Waals surface area contributed by atoms with Gasteiger partial charge in [0.15, 0.2) is 5.78 Å². The average Bonchev–Trinajstić information content (AvgIpc) is 2.15. The van der Waals surface area contributed by atoms with Gasteiger partial charge < -0.3 is 10.6 Å². The van der Waals surface area contributed by atoms with Crippen LogP contribution in [0.3, 0.4) is 0 Å². The first-order valence-electron chi connectivity index (χ1n) is 5.17. The van der Waals surface area contributed by atoms with Crippen molar-refractivity contribution in [2.45, 2.75) is 32.7 Å². The van der Waals surface area contributed by atoms with Crippen LogP contribution >= 0.6 is 0 Å². The molecule has 0 aromatic rings. The lowest BCUT2D eigenvalue weighted by Crippen LogP contribution is -2.52. The van der Waals surface area contributed by atoms with E-state index in [2.05, 4.69) is 24.5 Å². The lowest BCUT2D eigenvalue weighted by atomic mass is 10.0. The molecule has 0 saturated carbocycles. The number of ketones is 1. The van der Waals surface area contributed by atoms with Gasteiger partial charge >= 0.3 is 0 Å². The first-order valence-corrected chi connectivity index (χ1v) is 5.17. The van der Waals surface area contributed by atoms with Crippen LogP contribution in [0.2, 0.25) is 0 Å². The average molecular weight is 184 g/mol. The van der Waals surface area contributed by atoms with Crippen LogP contribution in [0.25, 0.3) is 0 Å². The fourth-order valence-corrected chi connectivity index (χ4v) is 1.49. The second-order valence-corrected chi connectivity index (χ2v) is 4.11. The molecular formula is C10H20N2O. The first kappa shape index (κ1) is 10.7. The molecule has 1 saturated heterocycles. The quantitative estimate of drug-likeness (QED) is 0.670. The Bertz CT molecular complexity index is 162. The molecule has 13 heavy (non-hydrogen) atoms. The number of hydrogen-bond acceptors (Lipinski definition) is 3. The smallest absolute Gasteiger partial charge is 0.151 e. The molecule has 3 nitrogen and oxygen atoms in total. The Morgan fingerprint density at radius 3 is 2.77 bits per heavy atom. The summed E-state index contributed by atoms with van der Waals surface area (Å²) in [5, 5.41) is 6.45. The molecule has 1 fully saturated rings. The van der Waals surface area contributed by atoms with Crippen LogP contribution in [0.15, 0.2) is 0 Å². The second-order valence-electron chi connectivity index (χ2n) is 4.11. The molecule has 1 unspecified atom stereocenters. The topological polar surface area (TPSA) is 41.1 Å². The predicted molar refractivity (Wildman–Crippen MR) is 53.7 cm³/mol. The molecule has 1 rings (SSSR count). The summed E-state index contributed by atoms with van der Waals surface area (Å²) in [6, 6.07) is 0.0625. The van der Waals surface area contributed by atoms with Gasteiger partial charge in [-0.3, -0.25) is 4.79 Å². The Kier molecular flexibility index (Phi) is 4.39. The van der Waals surface area contributed by atoms with Crippen LogP contribution in [0.4, 0.5) is 0 Å². The number of carbonyl (C=O) groups excluding carboxylic acids is 1. The van der Waals surface area contributed by atoms with Gasteiger partial charge in [-0.2, -0.15) is 0 Å². The fraction of sp³-hybridized carbons (Fsp3) is 0.900. The third kappa shape index (κ3) is 3.87. The zero-order valence-corrected chi connectivity index (χ0v) is 8.60. The van der Waals surface area contributed by atoms with Crippen molar-refractivity contribution in [1.29, 1.82) is 0 Å². The molecule has 0 bridgehead atoms. The summed E-state index contributed by atoms with van der Waals surface area (Å²) in [5.74, 6) is 0.987. The number of rotatable bonds is 4. The van der Waals surface area contributed by atoms with E-state index in [9.17, 15) is 4.79 Å². The van der Waals surface area contributed by atoms with E-state index in [1.165, 1.54) is 0 Å². The molecule has 0 aliphatic carbocycles. The third-order valence-electron chi connectivity index (χ3n) is 2.40. The minimum Gasteiger partial charge on any atom is -0.313 e. The van der Waals surface area contributed by atoms with E-state index in [1.54, 1.807) is 0 Å². The van der Waals surface area contributed by atoms with E-state index in [-0.39, 0.29) is 6.04 Å². The molecule has 1 aliphatic heterocycles.